The zero-order chi connectivity index (χ0) is 16.2. The van der Waals surface area contributed by atoms with Crippen LogP contribution in [0.25, 0.3) is 0 Å². The van der Waals surface area contributed by atoms with E-state index in [0.29, 0.717) is 6.54 Å². The van der Waals surface area contributed by atoms with Gasteiger partial charge >= 0.3 is 0 Å². The van der Waals surface area contributed by atoms with Crippen LogP contribution in [-0.4, -0.2) is 24.1 Å². The molecule has 1 saturated carbocycles. The number of nitrogens with one attached hydrogen (secondary N) is 1. The third-order valence-corrected chi connectivity index (χ3v) is 4.49. The van der Waals surface area contributed by atoms with Crippen molar-refractivity contribution in [1.82, 2.24) is 5.32 Å². The van der Waals surface area contributed by atoms with Crippen LogP contribution >= 0.6 is 0 Å². The molecule has 1 aromatic carbocycles. The molecule has 0 aliphatic heterocycles. The normalized spacial score (nSPS) is 26.3. The SMILES string of the molecule is Cc1ccc(OC(C)CNC(=O)C2CCCCC2(C)N)cc1. The van der Waals surface area contributed by atoms with Crippen LogP contribution < -0.4 is 15.8 Å². The van der Waals surface area contributed by atoms with Gasteiger partial charge in [0.15, 0.2) is 0 Å². The van der Waals surface area contributed by atoms with E-state index < -0.39 is 0 Å². The van der Waals surface area contributed by atoms with Gasteiger partial charge in [0.1, 0.15) is 11.9 Å². The zero-order valence-corrected chi connectivity index (χ0v) is 13.9. The fraction of sp³-hybridized carbons (Fsp3) is 0.611. The maximum atomic E-state index is 12.4. The number of aryl methyl sites for hydroxylation is 1. The van der Waals surface area contributed by atoms with Gasteiger partial charge in [-0.25, -0.2) is 0 Å². The van der Waals surface area contributed by atoms with Gasteiger partial charge in [-0.05, 0) is 45.7 Å². The van der Waals surface area contributed by atoms with Gasteiger partial charge in [0.25, 0.3) is 0 Å². The molecule has 0 saturated heterocycles. The Kier molecular flexibility index (Phi) is 5.46. The Morgan fingerprint density at radius 2 is 2.09 bits per heavy atom. The summed E-state index contributed by atoms with van der Waals surface area (Å²) in [5.41, 5.74) is 7.09. The van der Waals surface area contributed by atoms with Crippen molar-refractivity contribution >= 4 is 5.91 Å². The van der Waals surface area contributed by atoms with Gasteiger partial charge in [0, 0.05) is 5.54 Å². The fourth-order valence-electron chi connectivity index (χ4n) is 3.05. The van der Waals surface area contributed by atoms with Crippen LogP contribution in [0.15, 0.2) is 24.3 Å². The topological polar surface area (TPSA) is 64.3 Å². The van der Waals surface area contributed by atoms with Crippen molar-refractivity contribution in [1.29, 1.82) is 0 Å². The molecule has 2 rings (SSSR count). The summed E-state index contributed by atoms with van der Waals surface area (Å²) in [6.45, 7) is 6.49. The monoisotopic (exact) mass is 304 g/mol. The van der Waals surface area contributed by atoms with Crippen LogP contribution in [0.3, 0.4) is 0 Å². The summed E-state index contributed by atoms with van der Waals surface area (Å²) in [4.78, 5) is 12.4. The Morgan fingerprint density at radius 3 is 2.73 bits per heavy atom. The van der Waals surface area contributed by atoms with Crippen LogP contribution in [-0.2, 0) is 4.79 Å². The van der Waals surface area contributed by atoms with E-state index >= 15 is 0 Å². The first-order chi connectivity index (χ1) is 10.4. The highest BCUT2D eigenvalue weighted by molar-refractivity contribution is 5.80. The van der Waals surface area contributed by atoms with Crippen molar-refractivity contribution in [2.24, 2.45) is 11.7 Å². The number of ether oxygens (including phenoxy) is 1. The van der Waals surface area contributed by atoms with Crippen molar-refractivity contribution in [3.63, 3.8) is 0 Å². The predicted molar refractivity (Wildman–Crippen MR) is 88.8 cm³/mol. The second kappa shape index (κ2) is 7.14. The molecule has 0 spiro atoms. The van der Waals surface area contributed by atoms with E-state index in [-0.39, 0.29) is 23.5 Å². The smallest absolute Gasteiger partial charge is 0.225 e. The molecule has 1 aliphatic rings. The minimum Gasteiger partial charge on any atom is -0.489 e. The number of nitrogens with two attached hydrogens (primary N) is 1. The first-order valence-corrected chi connectivity index (χ1v) is 8.18. The third-order valence-electron chi connectivity index (χ3n) is 4.49. The van der Waals surface area contributed by atoms with E-state index in [4.69, 9.17) is 10.5 Å². The van der Waals surface area contributed by atoms with E-state index in [2.05, 4.69) is 5.32 Å². The lowest BCUT2D eigenvalue weighted by molar-refractivity contribution is -0.128. The Labute approximate surface area is 133 Å². The van der Waals surface area contributed by atoms with E-state index in [9.17, 15) is 4.79 Å². The quantitative estimate of drug-likeness (QED) is 0.879. The van der Waals surface area contributed by atoms with Crippen molar-refractivity contribution < 1.29 is 9.53 Å². The van der Waals surface area contributed by atoms with Crippen molar-refractivity contribution in [2.45, 2.75) is 58.1 Å². The maximum Gasteiger partial charge on any atom is 0.225 e. The number of rotatable bonds is 5. The van der Waals surface area contributed by atoms with Gasteiger partial charge in [-0.1, -0.05) is 30.5 Å². The molecular formula is C18H28N2O2. The predicted octanol–water partition coefficient (Wildman–Crippen LogP) is 2.79. The van der Waals surface area contributed by atoms with Crippen LogP contribution in [0, 0.1) is 12.8 Å². The lowest BCUT2D eigenvalue weighted by atomic mass is 9.74. The molecule has 1 aromatic rings. The summed E-state index contributed by atoms with van der Waals surface area (Å²) < 4.78 is 5.81. The molecule has 1 aliphatic carbocycles. The molecule has 3 N–H and O–H groups in total. The highest BCUT2D eigenvalue weighted by Crippen LogP contribution is 2.31. The summed E-state index contributed by atoms with van der Waals surface area (Å²) in [6.07, 6.45) is 3.93. The zero-order valence-electron chi connectivity index (χ0n) is 13.9. The number of hydrogen-bond acceptors (Lipinski definition) is 3. The summed E-state index contributed by atoms with van der Waals surface area (Å²) in [5, 5.41) is 3.00. The van der Waals surface area contributed by atoms with Crippen molar-refractivity contribution in [3.05, 3.63) is 29.8 Å². The summed E-state index contributed by atoms with van der Waals surface area (Å²) in [5.74, 6) is 0.797. The largest absolute Gasteiger partial charge is 0.489 e. The van der Waals surface area contributed by atoms with Crippen molar-refractivity contribution in [3.8, 4) is 5.75 Å². The van der Waals surface area contributed by atoms with Crippen LogP contribution in [0.1, 0.15) is 45.1 Å². The molecule has 3 atom stereocenters. The highest BCUT2D eigenvalue weighted by atomic mass is 16.5. The second-order valence-electron chi connectivity index (χ2n) is 6.79. The Morgan fingerprint density at radius 1 is 1.41 bits per heavy atom. The van der Waals surface area contributed by atoms with Crippen LogP contribution in [0.4, 0.5) is 0 Å². The number of benzene rings is 1. The summed E-state index contributed by atoms with van der Waals surface area (Å²) in [6, 6.07) is 7.93. The minimum atomic E-state index is -0.386. The number of carbonyl (C=O) groups is 1. The average Bonchev–Trinajstić information content (AvgIpc) is 2.47. The van der Waals surface area contributed by atoms with E-state index in [1.165, 1.54) is 5.56 Å². The van der Waals surface area contributed by atoms with Crippen LogP contribution in [0.5, 0.6) is 5.75 Å². The molecule has 4 nitrogen and oxygen atoms in total. The third kappa shape index (κ3) is 4.47. The van der Waals surface area contributed by atoms with Crippen LogP contribution in [0.2, 0.25) is 0 Å². The molecule has 1 fully saturated rings. The van der Waals surface area contributed by atoms with Gasteiger partial charge in [0.2, 0.25) is 5.91 Å². The molecule has 1 amide bonds. The molecule has 0 aromatic heterocycles. The average molecular weight is 304 g/mol. The molecule has 3 unspecified atom stereocenters. The fourth-order valence-corrected chi connectivity index (χ4v) is 3.05. The first-order valence-electron chi connectivity index (χ1n) is 8.18. The van der Waals surface area contributed by atoms with Gasteiger partial charge in [-0.2, -0.15) is 0 Å². The Hall–Kier alpha value is -1.55. The molecule has 4 heteroatoms. The van der Waals surface area contributed by atoms with Gasteiger partial charge in [0.05, 0.1) is 12.5 Å². The molecule has 0 bridgehead atoms. The molecule has 22 heavy (non-hydrogen) atoms. The van der Waals surface area contributed by atoms with Gasteiger partial charge in [-0.3, -0.25) is 4.79 Å². The molecule has 0 heterocycles. The summed E-state index contributed by atoms with van der Waals surface area (Å²) in [7, 11) is 0. The first kappa shape index (κ1) is 16.8. The lowest BCUT2D eigenvalue weighted by Gasteiger charge is -2.37. The number of hydrogen-bond donors (Lipinski definition) is 2. The van der Waals surface area contributed by atoms with Crippen molar-refractivity contribution in [2.75, 3.05) is 6.54 Å². The molecule has 122 valence electrons. The standard InChI is InChI=1S/C18H28N2O2/c1-13-7-9-15(10-8-13)22-14(2)12-20-17(21)16-6-4-5-11-18(16,3)19/h7-10,14,16H,4-6,11-12,19H2,1-3H3,(H,20,21). The summed E-state index contributed by atoms with van der Waals surface area (Å²) >= 11 is 0. The minimum absolute atomic E-state index is 0.0593. The molecule has 0 radical (unpaired) electrons. The maximum absolute atomic E-state index is 12.4. The van der Waals surface area contributed by atoms with E-state index in [1.54, 1.807) is 0 Å². The van der Waals surface area contributed by atoms with Gasteiger partial charge < -0.3 is 15.8 Å². The lowest BCUT2D eigenvalue weighted by Crippen LogP contribution is -2.53. The molecular weight excluding hydrogens is 276 g/mol. The van der Waals surface area contributed by atoms with E-state index in [0.717, 1.165) is 31.4 Å². The Balaban J connectivity index is 1.81. The highest BCUT2D eigenvalue weighted by Gasteiger charge is 2.37. The second-order valence-corrected chi connectivity index (χ2v) is 6.79. The van der Waals surface area contributed by atoms with E-state index in [1.807, 2.05) is 45.0 Å². The van der Waals surface area contributed by atoms with Gasteiger partial charge in [-0.15, -0.1) is 0 Å². The Bertz CT molecular complexity index is 496. The number of carbonyl (C=O) groups excluding carboxylic acids is 1. The number of amides is 1.